The minimum atomic E-state index is -0.967. The normalized spacial score (nSPS) is 12.3. The molecular formula is C22H24N4O3. The van der Waals surface area contributed by atoms with Crippen LogP contribution in [0.5, 0.6) is 0 Å². The molecule has 0 bridgehead atoms. The molecule has 0 aliphatic rings. The lowest BCUT2D eigenvalue weighted by Gasteiger charge is -2.22. The second-order valence-corrected chi connectivity index (χ2v) is 7.66. The third-order valence-corrected chi connectivity index (χ3v) is 3.97. The molecular weight excluding hydrogens is 368 g/mol. The number of hydrogen-bond acceptors (Lipinski definition) is 5. The molecule has 1 N–H and O–H groups in total. The van der Waals surface area contributed by atoms with E-state index in [0.29, 0.717) is 5.82 Å². The van der Waals surface area contributed by atoms with Crippen LogP contribution in [-0.2, 0) is 9.53 Å². The van der Waals surface area contributed by atoms with Gasteiger partial charge in [0.05, 0.1) is 5.69 Å². The molecule has 1 heterocycles. The van der Waals surface area contributed by atoms with E-state index in [0.717, 1.165) is 11.3 Å². The Morgan fingerprint density at radius 3 is 2.17 bits per heavy atom. The average molecular weight is 392 g/mol. The smallest absolute Gasteiger partial charge is 0.379 e. The zero-order valence-corrected chi connectivity index (χ0v) is 16.9. The molecule has 0 spiro atoms. The maximum absolute atomic E-state index is 12.6. The van der Waals surface area contributed by atoms with Crippen molar-refractivity contribution >= 4 is 11.9 Å². The van der Waals surface area contributed by atoms with Gasteiger partial charge in [0.1, 0.15) is 0 Å². The largest absolute Gasteiger partial charge is 0.447 e. The molecule has 1 aromatic heterocycles. The Morgan fingerprint density at radius 2 is 1.59 bits per heavy atom. The number of carbonyl (C=O) groups is 2. The van der Waals surface area contributed by atoms with E-state index in [2.05, 4.69) is 15.4 Å². The van der Waals surface area contributed by atoms with Crippen molar-refractivity contribution in [2.45, 2.75) is 39.3 Å². The van der Waals surface area contributed by atoms with Gasteiger partial charge in [-0.15, -0.1) is 5.10 Å². The molecule has 0 fully saturated rings. The van der Waals surface area contributed by atoms with Gasteiger partial charge in [-0.1, -0.05) is 48.5 Å². The molecule has 1 amide bonds. The number of nitrogens with one attached hydrogen (secondary N) is 1. The van der Waals surface area contributed by atoms with E-state index in [1.165, 1.54) is 6.92 Å². The highest BCUT2D eigenvalue weighted by molar-refractivity contribution is 5.90. The van der Waals surface area contributed by atoms with Crippen molar-refractivity contribution in [1.82, 2.24) is 20.1 Å². The van der Waals surface area contributed by atoms with Gasteiger partial charge < -0.3 is 10.1 Å². The van der Waals surface area contributed by atoms with E-state index in [4.69, 9.17) is 4.74 Å². The number of nitrogens with zero attached hydrogens (tertiary/aromatic N) is 3. The summed E-state index contributed by atoms with van der Waals surface area (Å²) in [6.45, 7) is 7.09. The van der Waals surface area contributed by atoms with Gasteiger partial charge in [0, 0.05) is 11.1 Å². The van der Waals surface area contributed by atoms with Crippen molar-refractivity contribution in [2.75, 3.05) is 0 Å². The maximum atomic E-state index is 12.6. The lowest BCUT2D eigenvalue weighted by atomic mass is 10.1. The van der Waals surface area contributed by atoms with Crippen LogP contribution in [-0.4, -0.2) is 38.3 Å². The zero-order chi connectivity index (χ0) is 21.0. The SMILES string of the molecule is CC(OC(=O)c1nc(-c2ccccc2)n(-c2ccccc2)n1)C(=O)NC(C)(C)C. The molecule has 7 nitrogen and oxygen atoms in total. The minimum Gasteiger partial charge on any atom is -0.447 e. The number of hydrogen-bond donors (Lipinski definition) is 1. The van der Waals surface area contributed by atoms with Crippen molar-refractivity contribution in [3.05, 3.63) is 66.5 Å². The predicted molar refractivity (Wildman–Crippen MR) is 110 cm³/mol. The Bertz CT molecular complexity index is 935. The molecule has 1 unspecified atom stereocenters. The van der Waals surface area contributed by atoms with E-state index < -0.39 is 17.6 Å². The quantitative estimate of drug-likeness (QED) is 0.673. The zero-order valence-electron chi connectivity index (χ0n) is 16.9. The summed E-state index contributed by atoms with van der Waals surface area (Å²) in [5, 5.41) is 7.12. The van der Waals surface area contributed by atoms with Crippen molar-refractivity contribution in [3.8, 4) is 17.1 Å². The van der Waals surface area contributed by atoms with Crippen LogP contribution in [0.1, 0.15) is 38.3 Å². The summed E-state index contributed by atoms with van der Waals surface area (Å²) < 4.78 is 6.88. The number of rotatable bonds is 5. The van der Waals surface area contributed by atoms with Gasteiger partial charge >= 0.3 is 5.97 Å². The monoisotopic (exact) mass is 392 g/mol. The third-order valence-electron chi connectivity index (χ3n) is 3.97. The van der Waals surface area contributed by atoms with Crippen molar-refractivity contribution in [1.29, 1.82) is 0 Å². The molecule has 0 radical (unpaired) electrons. The first-order valence-electron chi connectivity index (χ1n) is 9.35. The number of aromatic nitrogens is 3. The third kappa shape index (κ3) is 5.07. The van der Waals surface area contributed by atoms with Gasteiger partial charge in [-0.25, -0.2) is 14.5 Å². The Kier molecular flexibility index (Phi) is 5.77. The Labute approximate surface area is 169 Å². The van der Waals surface area contributed by atoms with Gasteiger partial charge in [0.25, 0.3) is 11.7 Å². The summed E-state index contributed by atoms with van der Waals surface area (Å²) in [5.41, 5.74) is 1.14. The Morgan fingerprint density at radius 1 is 1.00 bits per heavy atom. The minimum absolute atomic E-state index is 0.108. The summed E-state index contributed by atoms with van der Waals surface area (Å²) in [6, 6.07) is 18.8. The number of benzene rings is 2. The summed E-state index contributed by atoms with van der Waals surface area (Å²) in [7, 11) is 0. The number of carbonyl (C=O) groups excluding carboxylic acids is 2. The van der Waals surface area contributed by atoms with Crippen LogP contribution in [0.15, 0.2) is 60.7 Å². The molecule has 0 saturated heterocycles. The van der Waals surface area contributed by atoms with Crippen LogP contribution in [0.4, 0.5) is 0 Å². The second kappa shape index (κ2) is 8.26. The summed E-state index contributed by atoms with van der Waals surface area (Å²) >= 11 is 0. The molecule has 0 aliphatic heterocycles. The number of para-hydroxylation sites is 1. The molecule has 3 aromatic rings. The standard InChI is InChI=1S/C22H24N4O3/c1-15(20(27)24-22(2,3)4)29-21(28)18-23-19(16-11-7-5-8-12-16)26(25-18)17-13-9-6-10-14-17/h5-15H,1-4H3,(H,24,27). The van der Waals surface area contributed by atoms with Crippen LogP contribution >= 0.6 is 0 Å². The number of ether oxygens (including phenoxy) is 1. The number of esters is 1. The molecule has 29 heavy (non-hydrogen) atoms. The fourth-order valence-corrected chi connectivity index (χ4v) is 2.66. The van der Waals surface area contributed by atoms with Gasteiger partial charge in [-0.2, -0.15) is 0 Å². The highest BCUT2D eigenvalue weighted by atomic mass is 16.5. The van der Waals surface area contributed by atoms with E-state index in [1.807, 2.05) is 81.4 Å². The van der Waals surface area contributed by atoms with Crippen LogP contribution in [0, 0.1) is 0 Å². The highest BCUT2D eigenvalue weighted by Gasteiger charge is 2.26. The van der Waals surface area contributed by atoms with Crippen LogP contribution in [0.3, 0.4) is 0 Å². The van der Waals surface area contributed by atoms with Crippen LogP contribution < -0.4 is 5.32 Å². The van der Waals surface area contributed by atoms with Gasteiger partial charge in [0.2, 0.25) is 0 Å². The fourth-order valence-electron chi connectivity index (χ4n) is 2.66. The topological polar surface area (TPSA) is 86.1 Å². The van der Waals surface area contributed by atoms with Gasteiger partial charge in [-0.05, 0) is 39.8 Å². The molecule has 7 heteroatoms. The molecule has 0 saturated carbocycles. The van der Waals surface area contributed by atoms with Crippen molar-refractivity contribution in [3.63, 3.8) is 0 Å². The fraction of sp³-hybridized carbons (Fsp3) is 0.273. The summed E-state index contributed by atoms with van der Waals surface area (Å²) in [6.07, 6.45) is -0.967. The van der Waals surface area contributed by atoms with E-state index >= 15 is 0 Å². The lowest BCUT2D eigenvalue weighted by molar-refractivity contribution is -0.130. The van der Waals surface area contributed by atoms with Crippen molar-refractivity contribution < 1.29 is 14.3 Å². The van der Waals surface area contributed by atoms with Crippen molar-refractivity contribution in [2.24, 2.45) is 0 Å². The number of amides is 1. The second-order valence-electron chi connectivity index (χ2n) is 7.66. The van der Waals surface area contributed by atoms with E-state index in [-0.39, 0.29) is 11.7 Å². The molecule has 150 valence electrons. The highest BCUT2D eigenvalue weighted by Crippen LogP contribution is 2.21. The van der Waals surface area contributed by atoms with Crippen LogP contribution in [0.25, 0.3) is 17.1 Å². The maximum Gasteiger partial charge on any atom is 0.379 e. The van der Waals surface area contributed by atoms with E-state index in [9.17, 15) is 9.59 Å². The van der Waals surface area contributed by atoms with E-state index in [1.54, 1.807) is 4.68 Å². The first-order chi connectivity index (χ1) is 13.7. The average Bonchev–Trinajstić information content (AvgIpc) is 3.13. The summed E-state index contributed by atoms with van der Waals surface area (Å²) in [4.78, 5) is 29.2. The predicted octanol–water partition coefficient (Wildman–Crippen LogP) is 3.39. The summed E-state index contributed by atoms with van der Waals surface area (Å²) in [5.74, 6) is -0.733. The molecule has 3 rings (SSSR count). The Hall–Kier alpha value is -3.48. The molecule has 0 aliphatic carbocycles. The van der Waals surface area contributed by atoms with Gasteiger partial charge in [-0.3, -0.25) is 4.79 Å². The van der Waals surface area contributed by atoms with Gasteiger partial charge in [0.15, 0.2) is 11.9 Å². The first kappa shape index (κ1) is 20.3. The lowest BCUT2D eigenvalue weighted by Crippen LogP contribution is -2.46. The Balaban J connectivity index is 1.89. The van der Waals surface area contributed by atoms with Crippen LogP contribution in [0.2, 0.25) is 0 Å². The molecule has 2 aromatic carbocycles. The molecule has 1 atom stereocenters. The first-order valence-corrected chi connectivity index (χ1v) is 9.35.